The molecule has 2 saturated carbocycles. The van der Waals surface area contributed by atoms with E-state index in [1.54, 1.807) is 16.2 Å². The summed E-state index contributed by atoms with van der Waals surface area (Å²) < 4.78 is 0. The van der Waals surface area contributed by atoms with Crippen molar-refractivity contribution >= 4 is 23.3 Å². The summed E-state index contributed by atoms with van der Waals surface area (Å²) in [6.45, 7) is 2.20. The van der Waals surface area contributed by atoms with E-state index in [4.69, 9.17) is 0 Å². The number of aryl methyl sites for hydroxylation is 1. The molecule has 130 valence electrons. The highest BCUT2D eigenvalue weighted by atomic mass is 32.1. The largest absolute Gasteiger partial charge is 0.350 e. The van der Waals surface area contributed by atoms with Gasteiger partial charge in [-0.1, -0.05) is 12.8 Å². The van der Waals surface area contributed by atoms with Crippen molar-refractivity contribution in [1.29, 1.82) is 0 Å². The molecule has 7 heteroatoms. The number of fused-ring (bicyclic) bond motifs is 1. The standard InChI is InChI=1S/C17H24N4O2S/c1-10-8-18-16(24-10)15(11-6-7-11)20-17(23)21-9-14(22)19-12-4-2-3-5-13(12)21/h8,11-13,15H,2-7,9H2,1H3,(H,19,22)(H,20,23)/t12-,13-,15+/m0/s1. The topological polar surface area (TPSA) is 74.3 Å². The number of hydrogen-bond donors (Lipinski definition) is 2. The predicted molar refractivity (Wildman–Crippen MR) is 91.7 cm³/mol. The lowest BCUT2D eigenvalue weighted by molar-refractivity contribution is -0.126. The van der Waals surface area contributed by atoms with E-state index in [-0.39, 0.29) is 36.6 Å². The molecule has 0 aromatic carbocycles. The predicted octanol–water partition coefficient (Wildman–Crippen LogP) is 2.36. The molecule has 0 spiro atoms. The maximum Gasteiger partial charge on any atom is 0.318 e. The number of nitrogens with one attached hydrogen (secondary N) is 2. The number of rotatable bonds is 3. The van der Waals surface area contributed by atoms with E-state index >= 15 is 0 Å². The van der Waals surface area contributed by atoms with Crippen LogP contribution in [0.4, 0.5) is 4.79 Å². The average Bonchev–Trinajstić information content (AvgIpc) is 3.32. The molecule has 4 rings (SSSR count). The lowest BCUT2D eigenvalue weighted by Crippen LogP contribution is -2.64. The van der Waals surface area contributed by atoms with Crippen LogP contribution in [0.2, 0.25) is 0 Å². The molecule has 3 aliphatic rings. The zero-order valence-corrected chi connectivity index (χ0v) is 14.8. The van der Waals surface area contributed by atoms with Crippen LogP contribution >= 0.6 is 11.3 Å². The van der Waals surface area contributed by atoms with E-state index in [9.17, 15) is 9.59 Å². The minimum atomic E-state index is -0.105. The fourth-order valence-corrected chi connectivity index (χ4v) is 4.86. The maximum atomic E-state index is 12.9. The van der Waals surface area contributed by atoms with Crippen molar-refractivity contribution in [2.24, 2.45) is 5.92 Å². The third-order valence-electron chi connectivity index (χ3n) is 5.33. The molecular formula is C17H24N4O2S. The van der Waals surface area contributed by atoms with Crippen LogP contribution in [0.25, 0.3) is 0 Å². The molecule has 1 aliphatic heterocycles. The van der Waals surface area contributed by atoms with Crippen molar-refractivity contribution in [2.45, 2.75) is 63.6 Å². The number of hydrogen-bond acceptors (Lipinski definition) is 4. The summed E-state index contributed by atoms with van der Waals surface area (Å²) in [5, 5.41) is 7.23. The Balaban J connectivity index is 1.50. The van der Waals surface area contributed by atoms with Crippen LogP contribution in [-0.4, -0.2) is 40.5 Å². The zero-order chi connectivity index (χ0) is 16.7. The first-order chi connectivity index (χ1) is 11.6. The van der Waals surface area contributed by atoms with Gasteiger partial charge < -0.3 is 15.5 Å². The molecule has 0 radical (unpaired) electrons. The first-order valence-electron chi connectivity index (χ1n) is 8.90. The smallest absolute Gasteiger partial charge is 0.318 e. The Morgan fingerprint density at radius 3 is 2.88 bits per heavy atom. The zero-order valence-electron chi connectivity index (χ0n) is 14.0. The molecule has 3 atom stereocenters. The van der Waals surface area contributed by atoms with Gasteiger partial charge in [-0.15, -0.1) is 11.3 Å². The van der Waals surface area contributed by atoms with Gasteiger partial charge in [-0.05, 0) is 38.5 Å². The number of thiazole rings is 1. The Morgan fingerprint density at radius 1 is 1.38 bits per heavy atom. The van der Waals surface area contributed by atoms with Crippen LogP contribution in [0.3, 0.4) is 0 Å². The summed E-state index contributed by atoms with van der Waals surface area (Å²) in [6.07, 6.45) is 8.33. The first kappa shape index (κ1) is 15.9. The third-order valence-corrected chi connectivity index (χ3v) is 6.32. The molecule has 2 heterocycles. The summed E-state index contributed by atoms with van der Waals surface area (Å²) in [6, 6.07) is 0.135. The molecule has 1 aromatic rings. The number of nitrogens with zero attached hydrogens (tertiary/aromatic N) is 2. The van der Waals surface area contributed by atoms with Crippen LogP contribution in [0, 0.1) is 12.8 Å². The summed E-state index contributed by atoms with van der Waals surface area (Å²) >= 11 is 1.65. The second-order valence-corrected chi connectivity index (χ2v) is 8.49. The number of piperazine rings is 1. The van der Waals surface area contributed by atoms with Gasteiger partial charge in [0.25, 0.3) is 0 Å². The van der Waals surface area contributed by atoms with Crippen molar-refractivity contribution in [3.05, 3.63) is 16.1 Å². The van der Waals surface area contributed by atoms with Crippen LogP contribution in [0.1, 0.15) is 54.5 Å². The molecule has 2 aliphatic carbocycles. The molecule has 3 amide bonds. The van der Waals surface area contributed by atoms with Gasteiger partial charge in [0.15, 0.2) is 0 Å². The second kappa shape index (κ2) is 6.35. The van der Waals surface area contributed by atoms with E-state index in [1.165, 1.54) is 0 Å². The van der Waals surface area contributed by atoms with E-state index in [2.05, 4.69) is 15.6 Å². The maximum absolute atomic E-state index is 12.9. The van der Waals surface area contributed by atoms with Crippen molar-refractivity contribution in [3.8, 4) is 0 Å². The fourth-order valence-electron chi connectivity index (χ4n) is 3.94. The number of carbonyl (C=O) groups excluding carboxylic acids is 2. The number of carbonyl (C=O) groups is 2. The SMILES string of the molecule is Cc1cnc([C@H](NC(=O)N2CC(=O)N[C@H]3CCCC[C@@H]32)C2CC2)s1. The van der Waals surface area contributed by atoms with Crippen molar-refractivity contribution < 1.29 is 9.59 Å². The average molecular weight is 348 g/mol. The van der Waals surface area contributed by atoms with Gasteiger partial charge in [-0.3, -0.25) is 4.79 Å². The lowest BCUT2D eigenvalue weighted by atomic mass is 9.87. The molecule has 6 nitrogen and oxygen atoms in total. The Hall–Kier alpha value is -1.63. The van der Waals surface area contributed by atoms with Crippen molar-refractivity contribution in [3.63, 3.8) is 0 Å². The van der Waals surface area contributed by atoms with E-state index < -0.39 is 0 Å². The molecular weight excluding hydrogens is 324 g/mol. The molecule has 1 saturated heterocycles. The Labute approximate surface area is 146 Å². The molecule has 1 aromatic heterocycles. The second-order valence-electron chi connectivity index (χ2n) is 7.23. The highest BCUT2D eigenvalue weighted by Crippen LogP contribution is 2.42. The quantitative estimate of drug-likeness (QED) is 0.880. The van der Waals surface area contributed by atoms with Crippen LogP contribution in [0.5, 0.6) is 0 Å². The summed E-state index contributed by atoms with van der Waals surface area (Å²) in [7, 11) is 0. The van der Waals surface area contributed by atoms with E-state index in [0.29, 0.717) is 5.92 Å². The van der Waals surface area contributed by atoms with Crippen LogP contribution in [-0.2, 0) is 4.79 Å². The summed E-state index contributed by atoms with van der Waals surface area (Å²) in [5.74, 6) is 0.446. The number of urea groups is 1. The Morgan fingerprint density at radius 2 is 2.17 bits per heavy atom. The molecule has 24 heavy (non-hydrogen) atoms. The normalized spacial score (nSPS) is 28.0. The van der Waals surface area contributed by atoms with Gasteiger partial charge in [-0.2, -0.15) is 0 Å². The van der Waals surface area contributed by atoms with Gasteiger partial charge in [-0.25, -0.2) is 9.78 Å². The van der Waals surface area contributed by atoms with E-state index in [1.807, 2.05) is 13.1 Å². The van der Waals surface area contributed by atoms with Crippen molar-refractivity contribution in [2.75, 3.05) is 6.54 Å². The highest BCUT2D eigenvalue weighted by Gasteiger charge is 2.41. The van der Waals surface area contributed by atoms with Gasteiger partial charge in [0.2, 0.25) is 5.91 Å². The van der Waals surface area contributed by atoms with Gasteiger partial charge in [0.05, 0.1) is 12.1 Å². The minimum Gasteiger partial charge on any atom is -0.350 e. The molecule has 0 bridgehead atoms. The number of aromatic nitrogens is 1. The summed E-state index contributed by atoms with van der Waals surface area (Å²) in [5.41, 5.74) is 0. The minimum absolute atomic E-state index is 0.0109. The summed E-state index contributed by atoms with van der Waals surface area (Å²) in [4.78, 5) is 32.3. The van der Waals surface area contributed by atoms with Crippen LogP contribution < -0.4 is 10.6 Å². The third kappa shape index (κ3) is 3.14. The van der Waals surface area contributed by atoms with Crippen LogP contribution in [0.15, 0.2) is 6.20 Å². The first-order valence-corrected chi connectivity index (χ1v) is 9.72. The fraction of sp³-hybridized carbons (Fsp3) is 0.706. The van der Waals surface area contributed by atoms with Crippen molar-refractivity contribution in [1.82, 2.24) is 20.5 Å². The lowest BCUT2D eigenvalue weighted by Gasteiger charge is -2.44. The molecule has 3 fully saturated rings. The highest BCUT2D eigenvalue weighted by molar-refractivity contribution is 7.11. The molecule has 0 unspecified atom stereocenters. The Kier molecular flexibility index (Phi) is 4.20. The monoisotopic (exact) mass is 348 g/mol. The van der Waals surface area contributed by atoms with Gasteiger partial charge in [0.1, 0.15) is 11.6 Å². The van der Waals surface area contributed by atoms with E-state index in [0.717, 1.165) is 48.4 Å². The number of amides is 3. The van der Waals surface area contributed by atoms with Gasteiger partial charge >= 0.3 is 6.03 Å². The molecule has 2 N–H and O–H groups in total. The van der Waals surface area contributed by atoms with Gasteiger partial charge in [0, 0.05) is 17.1 Å². The Bertz CT molecular complexity index is 642.